The van der Waals surface area contributed by atoms with Crippen molar-refractivity contribution in [2.75, 3.05) is 0 Å². The molecule has 1 aliphatic rings. The summed E-state index contributed by atoms with van der Waals surface area (Å²) >= 11 is 0. The summed E-state index contributed by atoms with van der Waals surface area (Å²) in [5.74, 6) is 2.13. The minimum Gasteiger partial charge on any atom is -0.0848 e. The SMILES string of the molecule is CCC=CC=CCC(C)C1C=CC=C(C(C)C)C1. The van der Waals surface area contributed by atoms with Crippen molar-refractivity contribution in [3.63, 3.8) is 0 Å². The van der Waals surface area contributed by atoms with Gasteiger partial charge in [0, 0.05) is 0 Å². The molecule has 0 bridgehead atoms. The second kappa shape index (κ2) is 8.13. The van der Waals surface area contributed by atoms with Crippen LogP contribution in [0, 0.1) is 17.8 Å². The quantitative estimate of drug-likeness (QED) is 0.526. The third-order valence-electron chi connectivity index (χ3n) is 3.74. The Balaban J connectivity index is 2.42. The van der Waals surface area contributed by atoms with E-state index in [0.29, 0.717) is 11.8 Å². The topological polar surface area (TPSA) is 0 Å². The number of rotatable bonds is 6. The minimum atomic E-state index is 0.688. The molecule has 0 radical (unpaired) electrons. The van der Waals surface area contributed by atoms with Crippen LogP contribution in [0.2, 0.25) is 0 Å². The molecule has 0 amide bonds. The molecule has 18 heavy (non-hydrogen) atoms. The highest BCUT2D eigenvalue weighted by Crippen LogP contribution is 2.30. The Labute approximate surface area is 113 Å². The highest BCUT2D eigenvalue weighted by atomic mass is 14.2. The summed E-state index contributed by atoms with van der Waals surface area (Å²) in [6, 6.07) is 0. The lowest BCUT2D eigenvalue weighted by molar-refractivity contribution is 0.415. The van der Waals surface area contributed by atoms with Crippen LogP contribution in [-0.4, -0.2) is 0 Å². The molecule has 0 aromatic rings. The molecule has 100 valence electrons. The largest absolute Gasteiger partial charge is 0.0848 e. The van der Waals surface area contributed by atoms with Gasteiger partial charge in [-0.2, -0.15) is 0 Å². The van der Waals surface area contributed by atoms with Crippen LogP contribution in [0.15, 0.2) is 48.1 Å². The zero-order chi connectivity index (χ0) is 13.4. The lowest BCUT2D eigenvalue weighted by Gasteiger charge is -2.25. The van der Waals surface area contributed by atoms with Crippen molar-refractivity contribution in [1.29, 1.82) is 0 Å². The monoisotopic (exact) mass is 244 g/mol. The van der Waals surface area contributed by atoms with Gasteiger partial charge >= 0.3 is 0 Å². The predicted molar refractivity (Wildman–Crippen MR) is 82.5 cm³/mol. The fraction of sp³-hybridized carbons (Fsp3) is 0.556. The average molecular weight is 244 g/mol. The third-order valence-corrected chi connectivity index (χ3v) is 3.74. The molecule has 0 aliphatic heterocycles. The van der Waals surface area contributed by atoms with Gasteiger partial charge in [-0.1, -0.05) is 75.8 Å². The average Bonchev–Trinajstić information content (AvgIpc) is 2.38. The third kappa shape index (κ3) is 5.08. The van der Waals surface area contributed by atoms with Gasteiger partial charge in [0.15, 0.2) is 0 Å². The van der Waals surface area contributed by atoms with Crippen LogP contribution in [0.25, 0.3) is 0 Å². The summed E-state index contributed by atoms with van der Waals surface area (Å²) in [6.45, 7) is 9.12. The summed E-state index contributed by atoms with van der Waals surface area (Å²) in [7, 11) is 0. The second-order valence-electron chi connectivity index (χ2n) is 5.63. The summed E-state index contributed by atoms with van der Waals surface area (Å²) in [4.78, 5) is 0. The van der Waals surface area contributed by atoms with Crippen LogP contribution in [0.3, 0.4) is 0 Å². The summed E-state index contributed by atoms with van der Waals surface area (Å²) in [5.41, 5.74) is 1.60. The van der Waals surface area contributed by atoms with Crippen molar-refractivity contribution < 1.29 is 0 Å². The van der Waals surface area contributed by atoms with E-state index in [4.69, 9.17) is 0 Å². The lowest BCUT2D eigenvalue weighted by atomic mass is 9.80. The van der Waals surface area contributed by atoms with Crippen LogP contribution in [0.4, 0.5) is 0 Å². The van der Waals surface area contributed by atoms with E-state index in [2.05, 4.69) is 70.2 Å². The maximum absolute atomic E-state index is 2.38. The molecular formula is C18H28. The normalized spacial score (nSPS) is 22.1. The van der Waals surface area contributed by atoms with Gasteiger partial charge < -0.3 is 0 Å². The standard InChI is InChI=1S/C18H28/c1-5-6-7-8-9-11-16(4)18-13-10-12-17(14-18)15(2)3/h6-10,12-13,15-16,18H,5,11,14H2,1-4H3. The molecule has 0 saturated heterocycles. The van der Waals surface area contributed by atoms with Crippen LogP contribution >= 0.6 is 0 Å². The Morgan fingerprint density at radius 2 is 1.94 bits per heavy atom. The molecule has 0 saturated carbocycles. The van der Waals surface area contributed by atoms with Crippen molar-refractivity contribution in [3.8, 4) is 0 Å². The first-order chi connectivity index (χ1) is 8.65. The van der Waals surface area contributed by atoms with Crippen LogP contribution in [0.5, 0.6) is 0 Å². The number of allylic oxidation sites excluding steroid dienone is 8. The Bertz CT molecular complexity index is 339. The summed E-state index contributed by atoms with van der Waals surface area (Å²) < 4.78 is 0. The van der Waals surface area contributed by atoms with E-state index >= 15 is 0 Å². The molecular weight excluding hydrogens is 216 g/mol. The first-order valence-corrected chi connectivity index (χ1v) is 7.34. The highest BCUT2D eigenvalue weighted by Gasteiger charge is 2.18. The number of hydrogen-bond acceptors (Lipinski definition) is 0. The summed E-state index contributed by atoms with van der Waals surface area (Å²) in [6.07, 6.45) is 19.3. The van der Waals surface area contributed by atoms with Crippen molar-refractivity contribution in [2.24, 2.45) is 17.8 Å². The molecule has 0 spiro atoms. The van der Waals surface area contributed by atoms with Crippen molar-refractivity contribution in [1.82, 2.24) is 0 Å². The fourth-order valence-corrected chi connectivity index (χ4v) is 2.31. The van der Waals surface area contributed by atoms with Gasteiger partial charge in [-0.15, -0.1) is 0 Å². The van der Waals surface area contributed by atoms with Gasteiger partial charge in [0.25, 0.3) is 0 Å². The molecule has 0 heterocycles. The second-order valence-corrected chi connectivity index (χ2v) is 5.63. The molecule has 0 nitrogen and oxygen atoms in total. The first kappa shape index (κ1) is 15.0. The van der Waals surface area contributed by atoms with E-state index in [0.717, 1.165) is 12.3 Å². The van der Waals surface area contributed by atoms with E-state index in [1.165, 1.54) is 12.8 Å². The zero-order valence-electron chi connectivity index (χ0n) is 12.4. The summed E-state index contributed by atoms with van der Waals surface area (Å²) in [5, 5.41) is 0. The Hall–Kier alpha value is -1.04. The Morgan fingerprint density at radius 1 is 1.22 bits per heavy atom. The van der Waals surface area contributed by atoms with Gasteiger partial charge in [-0.3, -0.25) is 0 Å². The maximum atomic E-state index is 2.38. The van der Waals surface area contributed by atoms with Crippen LogP contribution in [0.1, 0.15) is 47.0 Å². The Kier molecular flexibility index (Phi) is 6.78. The van der Waals surface area contributed by atoms with E-state index in [9.17, 15) is 0 Å². The van der Waals surface area contributed by atoms with Crippen molar-refractivity contribution in [2.45, 2.75) is 47.0 Å². The lowest BCUT2D eigenvalue weighted by Crippen LogP contribution is -2.13. The van der Waals surface area contributed by atoms with Crippen LogP contribution in [-0.2, 0) is 0 Å². The maximum Gasteiger partial charge on any atom is -0.0164 e. The van der Waals surface area contributed by atoms with Crippen molar-refractivity contribution in [3.05, 3.63) is 48.1 Å². The van der Waals surface area contributed by atoms with Gasteiger partial charge in [0.05, 0.1) is 0 Å². The van der Waals surface area contributed by atoms with E-state index in [1.807, 2.05) is 0 Å². The first-order valence-electron chi connectivity index (χ1n) is 7.34. The molecule has 0 aromatic carbocycles. The molecule has 1 aliphatic carbocycles. The van der Waals surface area contributed by atoms with E-state index < -0.39 is 0 Å². The molecule has 1 rings (SSSR count). The molecule has 0 N–H and O–H groups in total. The zero-order valence-corrected chi connectivity index (χ0v) is 12.4. The fourth-order valence-electron chi connectivity index (χ4n) is 2.31. The molecule has 0 heteroatoms. The molecule has 2 unspecified atom stereocenters. The van der Waals surface area contributed by atoms with E-state index in [-0.39, 0.29) is 0 Å². The molecule has 0 aromatic heterocycles. The Morgan fingerprint density at radius 3 is 2.61 bits per heavy atom. The van der Waals surface area contributed by atoms with Gasteiger partial charge in [0.2, 0.25) is 0 Å². The van der Waals surface area contributed by atoms with Gasteiger partial charge in [0.1, 0.15) is 0 Å². The van der Waals surface area contributed by atoms with Crippen LogP contribution < -0.4 is 0 Å². The molecule has 2 atom stereocenters. The predicted octanol–water partition coefficient (Wildman–Crippen LogP) is 5.69. The van der Waals surface area contributed by atoms with E-state index in [1.54, 1.807) is 5.57 Å². The van der Waals surface area contributed by atoms with Gasteiger partial charge in [-0.25, -0.2) is 0 Å². The number of hydrogen-bond donors (Lipinski definition) is 0. The molecule has 0 fully saturated rings. The highest BCUT2D eigenvalue weighted by molar-refractivity contribution is 5.21. The minimum absolute atomic E-state index is 0.688. The smallest absolute Gasteiger partial charge is 0.0164 e. The van der Waals surface area contributed by atoms with Gasteiger partial charge in [-0.05, 0) is 37.0 Å². The van der Waals surface area contributed by atoms with Crippen molar-refractivity contribution >= 4 is 0 Å².